The summed E-state index contributed by atoms with van der Waals surface area (Å²) in [6.45, 7) is 2.96. The summed E-state index contributed by atoms with van der Waals surface area (Å²) in [6, 6.07) is 10.5. The van der Waals surface area contributed by atoms with E-state index >= 15 is 0 Å². The van der Waals surface area contributed by atoms with Crippen molar-refractivity contribution in [2.24, 2.45) is 0 Å². The summed E-state index contributed by atoms with van der Waals surface area (Å²) >= 11 is 1.72. The number of hydrogen-bond donors (Lipinski definition) is 1. The molecule has 1 aromatic heterocycles. The zero-order valence-corrected chi connectivity index (χ0v) is 13.9. The molecule has 2 aliphatic rings. The second kappa shape index (κ2) is 6.06. The molecule has 2 aromatic rings. The van der Waals surface area contributed by atoms with E-state index in [0.29, 0.717) is 12.3 Å². The average Bonchev–Trinajstić information content (AvgIpc) is 3.19. The fourth-order valence-electron chi connectivity index (χ4n) is 4.02. The maximum atomic E-state index is 12.1. The number of carbonyl (C=O) groups is 1. The third-order valence-corrected chi connectivity index (χ3v) is 6.00. The molecular weight excluding hydrogens is 306 g/mol. The number of thiazole rings is 1. The summed E-state index contributed by atoms with van der Waals surface area (Å²) in [5.74, 6) is 0.505. The van der Waals surface area contributed by atoms with Gasteiger partial charge in [-0.3, -0.25) is 9.69 Å². The van der Waals surface area contributed by atoms with Crippen LogP contribution in [0.25, 0.3) is 0 Å². The van der Waals surface area contributed by atoms with Crippen LogP contribution in [0.2, 0.25) is 0 Å². The molecule has 2 saturated heterocycles. The summed E-state index contributed by atoms with van der Waals surface area (Å²) in [5.41, 5.74) is 1.23. The Hall–Kier alpha value is -1.72. The molecule has 4 rings (SSSR count). The summed E-state index contributed by atoms with van der Waals surface area (Å²) in [6.07, 6.45) is 4.53. The van der Waals surface area contributed by atoms with E-state index in [1.54, 1.807) is 11.3 Å². The predicted octanol–water partition coefficient (Wildman–Crippen LogP) is 2.78. The van der Waals surface area contributed by atoms with E-state index in [1.807, 2.05) is 17.6 Å². The molecule has 1 N–H and O–H groups in total. The van der Waals surface area contributed by atoms with Crippen molar-refractivity contribution in [3.05, 3.63) is 52.5 Å². The van der Waals surface area contributed by atoms with Crippen LogP contribution in [0.5, 0.6) is 0 Å². The monoisotopic (exact) mass is 327 g/mol. The number of hydrogen-bond acceptors (Lipinski definition) is 4. The van der Waals surface area contributed by atoms with E-state index in [1.165, 1.54) is 10.6 Å². The van der Waals surface area contributed by atoms with Crippen LogP contribution in [-0.2, 0) is 11.3 Å². The van der Waals surface area contributed by atoms with Crippen LogP contribution in [0.3, 0.4) is 0 Å². The first kappa shape index (κ1) is 14.8. The Morgan fingerprint density at radius 2 is 2.04 bits per heavy atom. The van der Waals surface area contributed by atoms with Crippen LogP contribution in [0, 0.1) is 0 Å². The SMILES string of the molecule is O=C1C[C@H](c2ccccc2)C2(CCN(Cc3nccs3)CC2)N1. The van der Waals surface area contributed by atoms with Gasteiger partial charge in [0.25, 0.3) is 0 Å². The Balaban J connectivity index is 1.49. The van der Waals surface area contributed by atoms with Crippen molar-refractivity contribution in [3.8, 4) is 0 Å². The van der Waals surface area contributed by atoms with E-state index in [2.05, 4.69) is 39.5 Å². The first-order chi connectivity index (χ1) is 11.3. The lowest BCUT2D eigenvalue weighted by atomic mass is 9.74. The summed E-state index contributed by atoms with van der Waals surface area (Å²) in [4.78, 5) is 18.9. The maximum Gasteiger partial charge on any atom is 0.221 e. The third-order valence-electron chi connectivity index (χ3n) is 5.24. The van der Waals surface area contributed by atoms with E-state index in [9.17, 15) is 4.79 Å². The van der Waals surface area contributed by atoms with Gasteiger partial charge in [-0.15, -0.1) is 11.3 Å². The van der Waals surface area contributed by atoms with Crippen molar-refractivity contribution >= 4 is 17.2 Å². The molecule has 2 aliphatic heterocycles. The van der Waals surface area contributed by atoms with Gasteiger partial charge in [-0.25, -0.2) is 4.98 Å². The maximum absolute atomic E-state index is 12.1. The van der Waals surface area contributed by atoms with Crippen LogP contribution in [0.1, 0.15) is 35.8 Å². The number of likely N-dealkylation sites (tertiary alicyclic amines) is 1. The number of piperidine rings is 1. The van der Waals surface area contributed by atoms with Crippen molar-refractivity contribution in [2.45, 2.75) is 37.3 Å². The highest BCUT2D eigenvalue weighted by molar-refractivity contribution is 7.09. The molecule has 120 valence electrons. The van der Waals surface area contributed by atoms with E-state index in [0.717, 1.165) is 32.5 Å². The summed E-state index contributed by atoms with van der Waals surface area (Å²) in [7, 11) is 0. The highest BCUT2D eigenvalue weighted by Crippen LogP contribution is 2.43. The fourth-order valence-corrected chi connectivity index (χ4v) is 4.68. The standard InChI is InChI=1S/C18H21N3OS/c22-16-12-15(14-4-2-1-3-5-14)18(20-16)6-9-21(10-7-18)13-17-19-8-11-23-17/h1-5,8,11,15H,6-7,9-10,12-13H2,(H,20,22)/t15-/m1/s1. The van der Waals surface area contributed by atoms with Gasteiger partial charge in [0.1, 0.15) is 5.01 Å². The lowest BCUT2D eigenvalue weighted by molar-refractivity contribution is -0.120. The zero-order chi connectivity index (χ0) is 15.7. The molecule has 5 heteroatoms. The van der Waals surface area contributed by atoms with Crippen molar-refractivity contribution in [3.63, 3.8) is 0 Å². The number of nitrogens with zero attached hydrogens (tertiary/aromatic N) is 2. The topological polar surface area (TPSA) is 45.2 Å². The van der Waals surface area contributed by atoms with Gasteiger partial charge < -0.3 is 5.32 Å². The first-order valence-electron chi connectivity index (χ1n) is 8.22. The second-order valence-corrected chi connectivity index (χ2v) is 7.55. The molecule has 23 heavy (non-hydrogen) atoms. The van der Waals surface area contributed by atoms with Crippen molar-refractivity contribution < 1.29 is 4.79 Å². The van der Waals surface area contributed by atoms with Crippen LogP contribution in [0.4, 0.5) is 0 Å². The first-order valence-corrected chi connectivity index (χ1v) is 9.10. The van der Waals surface area contributed by atoms with Gasteiger partial charge in [0.05, 0.1) is 6.54 Å². The van der Waals surface area contributed by atoms with Gasteiger partial charge in [0.15, 0.2) is 0 Å². The number of benzene rings is 1. The Morgan fingerprint density at radius 3 is 2.74 bits per heavy atom. The third kappa shape index (κ3) is 2.91. The molecule has 0 aliphatic carbocycles. The number of nitrogens with one attached hydrogen (secondary N) is 1. The number of rotatable bonds is 3. The molecule has 2 fully saturated rings. The highest BCUT2D eigenvalue weighted by Gasteiger charge is 2.48. The Morgan fingerprint density at radius 1 is 1.26 bits per heavy atom. The van der Waals surface area contributed by atoms with Crippen LogP contribution in [-0.4, -0.2) is 34.4 Å². The highest BCUT2D eigenvalue weighted by atomic mass is 32.1. The minimum atomic E-state index is -0.0577. The van der Waals surface area contributed by atoms with Gasteiger partial charge in [0, 0.05) is 42.5 Å². The number of aromatic nitrogens is 1. The predicted molar refractivity (Wildman–Crippen MR) is 91.3 cm³/mol. The molecule has 1 atom stereocenters. The van der Waals surface area contributed by atoms with E-state index in [-0.39, 0.29) is 11.4 Å². The Kier molecular flexibility index (Phi) is 3.91. The molecule has 0 unspecified atom stereocenters. The molecule has 0 saturated carbocycles. The van der Waals surface area contributed by atoms with Gasteiger partial charge in [-0.2, -0.15) is 0 Å². The second-order valence-electron chi connectivity index (χ2n) is 6.57. The molecule has 1 aromatic carbocycles. The molecule has 0 bridgehead atoms. The van der Waals surface area contributed by atoms with Gasteiger partial charge >= 0.3 is 0 Å². The van der Waals surface area contributed by atoms with E-state index in [4.69, 9.17) is 0 Å². The molecule has 1 amide bonds. The van der Waals surface area contributed by atoms with Crippen LogP contribution >= 0.6 is 11.3 Å². The van der Waals surface area contributed by atoms with E-state index < -0.39 is 0 Å². The quantitative estimate of drug-likeness (QED) is 0.943. The van der Waals surface area contributed by atoms with Gasteiger partial charge in [-0.1, -0.05) is 30.3 Å². The van der Waals surface area contributed by atoms with Crippen LogP contribution < -0.4 is 5.32 Å². The average molecular weight is 327 g/mol. The van der Waals surface area contributed by atoms with Crippen molar-refractivity contribution in [1.29, 1.82) is 0 Å². The Labute approximate surface area is 140 Å². The van der Waals surface area contributed by atoms with Crippen molar-refractivity contribution in [2.75, 3.05) is 13.1 Å². The minimum Gasteiger partial charge on any atom is -0.350 e. The minimum absolute atomic E-state index is 0.0577. The van der Waals surface area contributed by atoms with Gasteiger partial charge in [0.2, 0.25) is 5.91 Å². The number of amides is 1. The van der Waals surface area contributed by atoms with Gasteiger partial charge in [-0.05, 0) is 18.4 Å². The Bertz CT molecular complexity index is 663. The number of carbonyl (C=O) groups excluding carboxylic acids is 1. The largest absolute Gasteiger partial charge is 0.350 e. The lowest BCUT2D eigenvalue weighted by Crippen LogP contribution is -2.53. The molecule has 1 spiro atoms. The van der Waals surface area contributed by atoms with Crippen molar-refractivity contribution in [1.82, 2.24) is 15.2 Å². The zero-order valence-electron chi connectivity index (χ0n) is 13.1. The normalized spacial score (nSPS) is 24.0. The molecular formula is C18H21N3OS. The molecule has 3 heterocycles. The molecule has 4 nitrogen and oxygen atoms in total. The lowest BCUT2D eigenvalue weighted by Gasteiger charge is -2.42. The summed E-state index contributed by atoms with van der Waals surface area (Å²) < 4.78 is 0. The van der Waals surface area contributed by atoms with Crippen LogP contribution in [0.15, 0.2) is 41.9 Å². The smallest absolute Gasteiger partial charge is 0.221 e. The fraction of sp³-hybridized carbons (Fsp3) is 0.444. The summed E-state index contributed by atoms with van der Waals surface area (Å²) in [5, 5.41) is 6.53. The molecule has 0 radical (unpaired) electrons.